The van der Waals surface area contributed by atoms with E-state index >= 15 is 8.78 Å². The Balaban J connectivity index is 2.26. The first-order valence-electron chi connectivity index (χ1n) is 10.2. The number of ether oxygens (including phenoxy) is 2. The maximum absolute atomic E-state index is 16.1. The van der Waals surface area contributed by atoms with Gasteiger partial charge in [-0.3, -0.25) is 0 Å². The predicted molar refractivity (Wildman–Crippen MR) is 123 cm³/mol. The van der Waals surface area contributed by atoms with E-state index in [1.165, 1.54) is 13.0 Å². The second-order valence-electron chi connectivity index (χ2n) is 8.55. The number of alkyl halides is 2. The minimum absolute atomic E-state index is 0.0368. The maximum Gasteiger partial charge on any atom is 0.379 e. The summed E-state index contributed by atoms with van der Waals surface area (Å²) in [4.78, 5) is 12.6. The SMILES string of the molecule is CCOC(=O)C(F)(F)[C@@]1(N[S@+]([O-])C(C)(C)C)CC(c2ccccc2)Oc2ccc(Br)cc21. The third kappa shape index (κ3) is 4.66. The van der Waals surface area contributed by atoms with Gasteiger partial charge in [-0.25, -0.2) is 4.79 Å². The van der Waals surface area contributed by atoms with Crippen LogP contribution < -0.4 is 9.46 Å². The van der Waals surface area contributed by atoms with Crippen molar-refractivity contribution in [3.8, 4) is 5.75 Å². The molecule has 0 fully saturated rings. The molecule has 1 unspecified atom stereocenters. The van der Waals surface area contributed by atoms with Gasteiger partial charge in [0.1, 0.15) is 16.6 Å². The Bertz CT molecular complexity index is 970. The molecule has 0 bridgehead atoms. The fraction of sp³-hybridized carbons (Fsp3) is 0.435. The number of nitrogens with one attached hydrogen (secondary N) is 1. The van der Waals surface area contributed by atoms with Crippen molar-refractivity contribution in [2.24, 2.45) is 0 Å². The van der Waals surface area contributed by atoms with Crippen LogP contribution in [0.25, 0.3) is 0 Å². The van der Waals surface area contributed by atoms with Crippen LogP contribution in [-0.4, -0.2) is 27.8 Å². The Hall–Kier alpha value is -1.68. The third-order valence-corrected chi connectivity index (χ3v) is 7.36. The number of rotatable bonds is 6. The van der Waals surface area contributed by atoms with Crippen LogP contribution in [-0.2, 0) is 26.4 Å². The molecular formula is C23H26BrF2NO4S. The van der Waals surface area contributed by atoms with E-state index in [4.69, 9.17) is 9.47 Å². The molecule has 1 aliphatic heterocycles. The molecule has 3 rings (SSSR count). The van der Waals surface area contributed by atoms with Gasteiger partial charge in [-0.15, -0.1) is 4.72 Å². The Morgan fingerprint density at radius 2 is 1.94 bits per heavy atom. The molecule has 1 aliphatic rings. The van der Waals surface area contributed by atoms with Crippen LogP contribution in [0.5, 0.6) is 5.75 Å². The van der Waals surface area contributed by atoms with Crippen LogP contribution >= 0.6 is 15.9 Å². The van der Waals surface area contributed by atoms with E-state index in [1.807, 2.05) is 6.07 Å². The highest BCUT2D eigenvalue weighted by Gasteiger charge is 2.67. The van der Waals surface area contributed by atoms with Crippen LogP contribution in [0.1, 0.15) is 51.3 Å². The molecule has 0 amide bonds. The van der Waals surface area contributed by atoms with Gasteiger partial charge in [0.05, 0.1) is 6.61 Å². The predicted octanol–water partition coefficient (Wildman–Crippen LogP) is 5.42. The van der Waals surface area contributed by atoms with Gasteiger partial charge in [0.25, 0.3) is 0 Å². The number of fused-ring (bicyclic) bond motifs is 1. The number of carbonyl (C=O) groups excluding carboxylic acids is 1. The molecule has 0 radical (unpaired) electrons. The summed E-state index contributed by atoms with van der Waals surface area (Å²) in [7, 11) is 0. The summed E-state index contributed by atoms with van der Waals surface area (Å²) in [6.07, 6.45) is -1.15. The van der Waals surface area contributed by atoms with Crippen LogP contribution in [0, 0.1) is 0 Å². The van der Waals surface area contributed by atoms with E-state index in [-0.39, 0.29) is 24.3 Å². The lowest BCUT2D eigenvalue weighted by atomic mass is 9.76. The van der Waals surface area contributed by atoms with E-state index in [1.54, 1.807) is 57.2 Å². The fourth-order valence-electron chi connectivity index (χ4n) is 3.54. The van der Waals surface area contributed by atoms with Crippen molar-refractivity contribution < 1.29 is 27.6 Å². The zero-order chi connectivity index (χ0) is 23.7. The molecule has 0 aliphatic carbocycles. The van der Waals surface area contributed by atoms with E-state index < -0.39 is 39.6 Å². The molecule has 5 nitrogen and oxygen atoms in total. The maximum atomic E-state index is 16.1. The molecule has 0 saturated heterocycles. The van der Waals surface area contributed by atoms with E-state index in [0.717, 1.165) is 0 Å². The molecule has 2 aromatic rings. The number of hydrogen-bond donors (Lipinski definition) is 1. The summed E-state index contributed by atoms with van der Waals surface area (Å²) in [6, 6.07) is 13.6. The van der Waals surface area contributed by atoms with E-state index in [9.17, 15) is 9.35 Å². The second kappa shape index (κ2) is 9.29. The number of halogens is 3. The fourth-order valence-corrected chi connectivity index (χ4v) is 4.85. The van der Waals surface area contributed by atoms with Crippen molar-refractivity contribution in [1.82, 2.24) is 4.72 Å². The average molecular weight is 530 g/mol. The minimum atomic E-state index is -4.05. The average Bonchev–Trinajstić information content (AvgIpc) is 2.73. The van der Waals surface area contributed by atoms with Gasteiger partial charge in [-0.1, -0.05) is 46.3 Å². The molecule has 0 spiro atoms. The Morgan fingerprint density at radius 1 is 1.28 bits per heavy atom. The van der Waals surface area contributed by atoms with Crippen molar-refractivity contribution in [2.45, 2.75) is 56.4 Å². The Labute approximate surface area is 198 Å². The van der Waals surface area contributed by atoms with Crippen molar-refractivity contribution in [1.29, 1.82) is 0 Å². The third-order valence-electron chi connectivity index (χ3n) is 5.22. The molecule has 0 saturated carbocycles. The second-order valence-corrected chi connectivity index (χ2v) is 11.4. The number of hydrogen-bond acceptors (Lipinski definition) is 5. The smallest absolute Gasteiger partial charge is 0.379 e. The quantitative estimate of drug-likeness (QED) is 0.399. The summed E-state index contributed by atoms with van der Waals surface area (Å²) in [6.45, 7) is 6.26. The lowest BCUT2D eigenvalue weighted by Crippen LogP contribution is -2.65. The summed E-state index contributed by atoms with van der Waals surface area (Å²) in [5, 5.41) is 0. The van der Waals surface area contributed by atoms with Gasteiger partial charge >= 0.3 is 11.9 Å². The molecule has 174 valence electrons. The van der Waals surface area contributed by atoms with Crippen molar-refractivity contribution in [2.75, 3.05) is 6.61 Å². The molecule has 2 aromatic carbocycles. The van der Waals surface area contributed by atoms with Gasteiger partial charge in [0.15, 0.2) is 5.54 Å². The summed E-state index contributed by atoms with van der Waals surface area (Å²) in [5.74, 6) is -5.55. The summed E-state index contributed by atoms with van der Waals surface area (Å²) in [5.41, 5.74) is -1.64. The normalized spacial score (nSPS) is 21.9. The van der Waals surface area contributed by atoms with Gasteiger partial charge in [0.2, 0.25) is 0 Å². The molecule has 32 heavy (non-hydrogen) atoms. The molecular weight excluding hydrogens is 504 g/mol. The first kappa shape index (κ1) is 25.0. The summed E-state index contributed by atoms with van der Waals surface area (Å²) >= 11 is 1.39. The standard InChI is InChI=1S/C23H26BrF2NO4S/c1-5-30-20(28)23(25,26)22(27-32(29)21(2,3)4)14-19(15-9-7-6-8-10-15)31-18-12-11-16(24)13-17(18)22/h6-13,19,27H,5,14H2,1-4H3/t19?,22-,32-/m1/s1. The van der Waals surface area contributed by atoms with Gasteiger partial charge in [0, 0.05) is 27.8 Å². The topological polar surface area (TPSA) is 70.6 Å². The highest BCUT2D eigenvalue weighted by atomic mass is 79.9. The van der Waals surface area contributed by atoms with E-state index in [0.29, 0.717) is 10.0 Å². The van der Waals surface area contributed by atoms with Gasteiger partial charge in [-0.2, -0.15) is 8.78 Å². The highest BCUT2D eigenvalue weighted by molar-refractivity contribution is 9.10. The largest absolute Gasteiger partial charge is 0.598 e. The zero-order valence-corrected chi connectivity index (χ0v) is 20.7. The number of esters is 1. The molecule has 1 heterocycles. The Morgan fingerprint density at radius 3 is 2.53 bits per heavy atom. The molecule has 9 heteroatoms. The van der Waals surface area contributed by atoms with Gasteiger partial charge < -0.3 is 14.0 Å². The number of carbonyl (C=O) groups is 1. The first-order valence-corrected chi connectivity index (χ1v) is 12.1. The lowest BCUT2D eigenvalue weighted by Gasteiger charge is -2.46. The lowest BCUT2D eigenvalue weighted by molar-refractivity contribution is -0.189. The zero-order valence-electron chi connectivity index (χ0n) is 18.3. The number of benzene rings is 2. The first-order chi connectivity index (χ1) is 14.9. The molecule has 0 aromatic heterocycles. The van der Waals surface area contributed by atoms with Crippen molar-refractivity contribution >= 4 is 33.3 Å². The Kier molecular flexibility index (Phi) is 7.24. The summed E-state index contributed by atoms with van der Waals surface area (Å²) < 4.78 is 58.4. The molecule has 1 N–H and O–H groups in total. The van der Waals surface area contributed by atoms with Crippen LogP contribution in [0.3, 0.4) is 0 Å². The highest BCUT2D eigenvalue weighted by Crippen LogP contribution is 2.53. The van der Waals surface area contributed by atoms with Crippen LogP contribution in [0.4, 0.5) is 8.78 Å². The van der Waals surface area contributed by atoms with Crippen molar-refractivity contribution in [3.63, 3.8) is 0 Å². The van der Waals surface area contributed by atoms with Crippen LogP contribution in [0.2, 0.25) is 0 Å². The van der Waals surface area contributed by atoms with Gasteiger partial charge in [-0.05, 0) is 51.5 Å². The van der Waals surface area contributed by atoms with E-state index in [2.05, 4.69) is 20.7 Å². The molecule has 3 atom stereocenters. The minimum Gasteiger partial charge on any atom is -0.598 e. The monoisotopic (exact) mass is 529 g/mol. The van der Waals surface area contributed by atoms with Crippen molar-refractivity contribution in [3.05, 3.63) is 64.1 Å². The van der Waals surface area contributed by atoms with Crippen LogP contribution in [0.15, 0.2) is 53.0 Å².